The maximum absolute atomic E-state index is 14.5. The van der Waals surface area contributed by atoms with Gasteiger partial charge in [0.1, 0.15) is 28.7 Å². The van der Waals surface area contributed by atoms with Gasteiger partial charge >= 0.3 is 5.97 Å². The summed E-state index contributed by atoms with van der Waals surface area (Å²) in [6, 6.07) is 4.59. The van der Waals surface area contributed by atoms with Gasteiger partial charge in [-0.05, 0) is 31.9 Å². The van der Waals surface area contributed by atoms with Gasteiger partial charge in [0.25, 0.3) is 0 Å². The van der Waals surface area contributed by atoms with Crippen molar-refractivity contribution in [2.24, 2.45) is 0 Å². The second-order valence-corrected chi connectivity index (χ2v) is 6.97. The van der Waals surface area contributed by atoms with E-state index in [2.05, 4.69) is 0 Å². The number of carbonyl (C=O) groups excluding carboxylic acids is 1. The van der Waals surface area contributed by atoms with Crippen molar-refractivity contribution in [2.45, 2.75) is 31.7 Å². The highest BCUT2D eigenvalue weighted by Gasteiger charge is 2.45. The largest absolute Gasteiger partial charge is 0.478 e. The van der Waals surface area contributed by atoms with Gasteiger partial charge < -0.3 is 19.2 Å². The number of hydrogen-bond donors (Lipinski definition) is 1. The van der Waals surface area contributed by atoms with E-state index in [-0.39, 0.29) is 55.4 Å². The Kier molecular flexibility index (Phi) is 5.51. The Morgan fingerprint density at radius 3 is 2.46 bits per heavy atom. The number of amides is 1. The molecule has 1 aromatic carbocycles. The molecule has 28 heavy (non-hydrogen) atoms. The lowest BCUT2D eigenvalue weighted by atomic mass is 9.72. The minimum Gasteiger partial charge on any atom is -0.478 e. The zero-order valence-electron chi connectivity index (χ0n) is 15.6. The zero-order chi connectivity index (χ0) is 20.5. The number of carbonyl (C=O) groups is 2. The first-order chi connectivity index (χ1) is 13.2. The maximum atomic E-state index is 14.5. The number of furan rings is 1. The Balaban J connectivity index is 1.91. The van der Waals surface area contributed by atoms with E-state index >= 15 is 0 Å². The molecule has 8 heteroatoms. The van der Waals surface area contributed by atoms with Gasteiger partial charge in [0.15, 0.2) is 0 Å². The number of ether oxygens (including phenoxy) is 1. The summed E-state index contributed by atoms with van der Waals surface area (Å²) in [5.74, 6) is -2.40. The smallest absolute Gasteiger partial charge is 0.339 e. The lowest BCUT2D eigenvalue weighted by Crippen LogP contribution is -2.49. The van der Waals surface area contributed by atoms with Crippen molar-refractivity contribution in [3.63, 3.8) is 0 Å². The minimum atomic E-state index is -1.18. The summed E-state index contributed by atoms with van der Waals surface area (Å²) in [5.41, 5.74) is -1.01. The molecule has 1 aromatic heterocycles. The Hall–Kier alpha value is -2.74. The number of carboxylic acid groups (broad SMARTS) is 1. The van der Waals surface area contributed by atoms with Crippen LogP contribution in [0.3, 0.4) is 0 Å². The van der Waals surface area contributed by atoms with Crippen molar-refractivity contribution in [3.05, 3.63) is 58.5 Å². The first kappa shape index (κ1) is 20.0. The average Bonchev–Trinajstić information content (AvgIpc) is 3.02. The molecule has 1 amide bonds. The van der Waals surface area contributed by atoms with Crippen molar-refractivity contribution in [1.82, 2.24) is 4.90 Å². The van der Waals surface area contributed by atoms with Crippen molar-refractivity contribution in [1.29, 1.82) is 0 Å². The predicted octanol–water partition coefficient (Wildman–Crippen LogP) is 3.27. The first-order valence-electron chi connectivity index (χ1n) is 8.86. The summed E-state index contributed by atoms with van der Waals surface area (Å²) in [4.78, 5) is 25.9. The second kappa shape index (κ2) is 7.71. The molecule has 0 unspecified atom stereocenters. The normalized spacial score (nSPS) is 16.0. The lowest BCUT2D eigenvalue weighted by Gasteiger charge is -2.39. The fourth-order valence-corrected chi connectivity index (χ4v) is 3.70. The topological polar surface area (TPSA) is 80.0 Å². The third-order valence-electron chi connectivity index (χ3n) is 5.14. The summed E-state index contributed by atoms with van der Waals surface area (Å²) < 4.78 is 38.7. The average molecular weight is 393 g/mol. The van der Waals surface area contributed by atoms with Gasteiger partial charge in [0.05, 0.1) is 12.0 Å². The highest BCUT2D eigenvalue weighted by Crippen LogP contribution is 2.38. The molecule has 1 N–H and O–H groups in total. The van der Waals surface area contributed by atoms with Crippen LogP contribution in [0.4, 0.5) is 8.78 Å². The van der Waals surface area contributed by atoms with E-state index in [1.807, 2.05) is 0 Å². The first-order valence-corrected chi connectivity index (χ1v) is 8.86. The van der Waals surface area contributed by atoms with Gasteiger partial charge in [-0.25, -0.2) is 13.6 Å². The lowest BCUT2D eigenvalue weighted by molar-refractivity contribution is -0.141. The van der Waals surface area contributed by atoms with E-state index in [1.54, 1.807) is 7.05 Å². The van der Waals surface area contributed by atoms with Crippen LogP contribution in [0, 0.1) is 18.6 Å². The van der Waals surface area contributed by atoms with Crippen molar-refractivity contribution < 1.29 is 32.6 Å². The van der Waals surface area contributed by atoms with Crippen LogP contribution in [0.25, 0.3) is 0 Å². The Labute approximate surface area is 160 Å². The molecule has 1 fully saturated rings. The fourth-order valence-electron chi connectivity index (χ4n) is 3.70. The van der Waals surface area contributed by atoms with Crippen LogP contribution < -0.4 is 0 Å². The summed E-state index contributed by atoms with van der Waals surface area (Å²) in [5, 5.41) is 9.14. The maximum Gasteiger partial charge on any atom is 0.339 e. The molecule has 3 rings (SSSR count). The molecule has 0 radical (unpaired) electrons. The third kappa shape index (κ3) is 3.64. The number of aryl methyl sites for hydroxylation is 1. The van der Waals surface area contributed by atoms with E-state index in [0.29, 0.717) is 5.76 Å². The zero-order valence-corrected chi connectivity index (χ0v) is 15.6. The summed E-state index contributed by atoms with van der Waals surface area (Å²) in [6.07, 6.45) is 0.520. The van der Waals surface area contributed by atoms with E-state index < -0.39 is 23.0 Å². The van der Waals surface area contributed by atoms with E-state index in [9.17, 15) is 18.4 Å². The standard InChI is InChI=1S/C20H21F2NO5/c1-12-15(18(24)25)10-14(28-12)11-23(2)19(26)20(5-7-27-8-6-20)16-4-3-13(21)9-17(16)22/h3-4,9-10H,5-8,11H2,1-2H3,(H,24,25). The highest BCUT2D eigenvalue weighted by atomic mass is 19.1. The molecule has 1 aliphatic heterocycles. The van der Waals surface area contributed by atoms with Crippen molar-refractivity contribution in [3.8, 4) is 0 Å². The van der Waals surface area contributed by atoms with Crippen molar-refractivity contribution in [2.75, 3.05) is 20.3 Å². The van der Waals surface area contributed by atoms with Crippen LogP contribution in [0.1, 0.15) is 40.3 Å². The number of hydrogen-bond acceptors (Lipinski definition) is 4. The predicted molar refractivity (Wildman–Crippen MR) is 95.0 cm³/mol. The SMILES string of the molecule is Cc1oc(CN(C)C(=O)C2(c3ccc(F)cc3F)CCOCC2)cc1C(=O)O. The van der Waals surface area contributed by atoms with E-state index in [4.69, 9.17) is 14.3 Å². The Morgan fingerprint density at radius 1 is 1.21 bits per heavy atom. The third-order valence-corrected chi connectivity index (χ3v) is 5.14. The fraction of sp³-hybridized carbons (Fsp3) is 0.400. The van der Waals surface area contributed by atoms with Crippen LogP contribution >= 0.6 is 0 Å². The molecule has 0 atom stereocenters. The monoisotopic (exact) mass is 393 g/mol. The molecule has 0 spiro atoms. The van der Waals surface area contributed by atoms with Crippen LogP contribution in [0.15, 0.2) is 28.7 Å². The van der Waals surface area contributed by atoms with Gasteiger partial charge in [-0.2, -0.15) is 0 Å². The molecule has 2 aromatic rings. The summed E-state index contributed by atoms with van der Waals surface area (Å²) >= 11 is 0. The minimum absolute atomic E-state index is 0.0262. The van der Waals surface area contributed by atoms with Crippen LogP contribution in [0.5, 0.6) is 0 Å². The van der Waals surface area contributed by atoms with Gasteiger partial charge in [0.2, 0.25) is 5.91 Å². The molecular weight excluding hydrogens is 372 g/mol. The number of benzene rings is 1. The highest BCUT2D eigenvalue weighted by molar-refractivity contribution is 5.89. The van der Waals surface area contributed by atoms with Gasteiger partial charge in [-0.3, -0.25) is 4.79 Å². The van der Waals surface area contributed by atoms with Gasteiger partial charge in [-0.15, -0.1) is 0 Å². The van der Waals surface area contributed by atoms with E-state index in [1.165, 1.54) is 24.0 Å². The number of nitrogens with zero attached hydrogens (tertiary/aromatic N) is 1. The molecule has 6 nitrogen and oxygen atoms in total. The molecule has 1 aliphatic rings. The molecule has 0 aliphatic carbocycles. The molecule has 2 heterocycles. The van der Waals surface area contributed by atoms with Crippen LogP contribution in [0.2, 0.25) is 0 Å². The number of rotatable bonds is 5. The van der Waals surface area contributed by atoms with Gasteiger partial charge in [0, 0.05) is 31.9 Å². The number of likely N-dealkylation sites (N-methyl/N-ethyl adjacent to an activating group) is 1. The molecule has 150 valence electrons. The molecular formula is C20H21F2NO5. The molecule has 0 saturated carbocycles. The Bertz CT molecular complexity index is 902. The molecule has 0 bridgehead atoms. The number of aromatic carboxylic acids is 1. The Morgan fingerprint density at radius 2 is 1.89 bits per heavy atom. The van der Waals surface area contributed by atoms with Crippen LogP contribution in [-0.2, 0) is 21.5 Å². The number of carboxylic acids is 1. The quantitative estimate of drug-likeness (QED) is 0.843. The van der Waals surface area contributed by atoms with E-state index in [0.717, 1.165) is 12.1 Å². The summed E-state index contributed by atoms with van der Waals surface area (Å²) in [7, 11) is 1.54. The van der Waals surface area contributed by atoms with Crippen LogP contribution in [-0.4, -0.2) is 42.1 Å². The van der Waals surface area contributed by atoms with Gasteiger partial charge in [-0.1, -0.05) is 6.07 Å². The summed E-state index contributed by atoms with van der Waals surface area (Å²) in [6.45, 7) is 2.11. The molecule has 1 saturated heterocycles. The number of halogens is 2. The second-order valence-electron chi connectivity index (χ2n) is 6.97. The van der Waals surface area contributed by atoms with Crippen molar-refractivity contribution >= 4 is 11.9 Å².